The average Bonchev–Trinajstić information content (AvgIpc) is 3.70. The zero-order chi connectivity index (χ0) is 26.8. The highest BCUT2D eigenvalue weighted by Gasteiger charge is 2.26. The molecule has 0 unspecified atom stereocenters. The maximum Gasteiger partial charge on any atom is 0.149 e. The van der Waals surface area contributed by atoms with Crippen LogP contribution in [0.5, 0.6) is 0 Å². The van der Waals surface area contributed by atoms with Crippen molar-refractivity contribution in [2.45, 2.75) is 46.0 Å². The summed E-state index contributed by atoms with van der Waals surface area (Å²) < 4.78 is 18.0. The number of piperazine rings is 1. The molecule has 1 heterocycles. The van der Waals surface area contributed by atoms with Crippen LogP contribution in [0, 0.1) is 11.7 Å². The molecule has 2 fully saturated rings. The van der Waals surface area contributed by atoms with Crippen molar-refractivity contribution in [3.05, 3.63) is 70.9 Å². The molecule has 1 aromatic rings. The van der Waals surface area contributed by atoms with Gasteiger partial charge < -0.3 is 15.4 Å². The largest absolute Gasteiger partial charge is 0.397 e. The molecule has 6 nitrogen and oxygen atoms in total. The highest BCUT2D eigenvalue weighted by Crippen LogP contribution is 2.36. The number of hydrogen-bond donors (Lipinski definition) is 3. The van der Waals surface area contributed by atoms with E-state index in [9.17, 15) is 4.39 Å². The van der Waals surface area contributed by atoms with Gasteiger partial charge in [-0.15, -0.1) is 0 Å². The van der Waals surface area contributed by atoms with Crippen molar-refractivity contribution in [2.75, 3.05) is 48.2 Å². The fourth-order valence-electron chi connectivity index (χ4n) is 4.23. The minimum atomic E-state index is -0.520. The van der Waals surface area contributed by atoms with E-state index in [1.165, 1.54) is 48.6 Å². The van der Waals surface area contributed by atoms with E-state index in [0.29, 0.717) is 11.4 Å². The first-order valence-corrected chi connectivity index (χ1v) is 14.6. The van der Waals surface area contributed by atoms with Gasteiger partial charge in [0.25, 0.3) is 0 Å². The van der Waals surface area contributed by atoms with Crippen LogP contribution < -0.4 is 21.3 Å². The van der Waals surface area contributed by atoms with Crippen LogP contribution >= 0.6 is 23.5 Å². The number of halogens is 2. The Morgan fingerprint density at radius 3 is 2.59 bits per heavy atom. The molecule has 37 heavy (non-hydrogen) atoms. The number of benzene rings is 1. The summed E-state index contributed by atoms with van der Waals surface area (Å²) in [4.78, 5) is 4.91. The average molecular weight is 549 g/mol. The van der Waals surface area contributed by atoms with Crippen molar-refractivity contribution < 1.29 is 4.39 Å². The van der Waals surface area contributed by atoms with Crippen molar-refractivity contribution in [1.29, 1.82) is 0 Å². The van der Waals surface area contributed by atoms with E-state index in [0.717, 1.165) is 68.4 Å². The Kier molecular flexibility index (Phi) is 11.7. The molecular formula is C28H42ClFN6S. The first-order valence-electron chi connectivity index (χ1n) is 13.3. The number of unbranched alkanes of at least 4 members (excludes halogenated alkanes) is 1. The Morgan fingerprint density at radius 2 is 1.97 bits per heavy atom. The van der Waals surface area contributed by atoms with Crippen LogP contribution in [0.3, 0.4) is 0 Å². The lowest BCUT2D eigenvalue weighted by Gasteiger charge is -2.36. The van der Waals surface area contributed by atoms with E-state index in [-0.39, 0.29) is 10.7 Å². The Hall–Kier alpha value is -2.13. The number of rotatable bonds is 14. The molecule has 5 N–H and O–H groups in total. The Bertz CT molecular complexity index is 999. The van der Waals surface area contributed by atoms with Gasteiger partial charge in [0.05, 0.1) is 16.4 Å². The first-order chi connectivity index (χ1) is 17.9. The third-order valence-electron chi connectivity index (χ3n) is 6.54. The number of hydrogen-bond acceptors (Lipinski definition) is 7. The summed E-state index contributed by atoms with van der Waals surface area (Å²) in [6.45, 7) is 13.5. The Morgan fingerprint density at radius 1 is 1.24 bits per heavy atom. The summed E-state index contributed by atoms with van der Waals surface area (Å²) in [5, 5.41) is 1.38. The predicted octanol–water partition coefficient (Wildman–Crippen LogP) is 6.25. The molecule has 0 bridgehead atoms. The fraction of sp³-hybridized carbons (Fsp3) is 0.500. The molecule has 0 radical (unpaired) electrons. The summed E-state index contributed by atoms with van der Waals surface area (Å²) in [6.07, 6.45) is 13.1. The summed E-state index contributed by atoms with van der Waals surface area (Å²) >= 11 is 8.04. The van der Waals surface area contributed by atoms with Gasteiger partial charge in [-0.2, -0.15) is 0 Å². The first kappa shape index (κ1) is 29.4. The van der Waals surface area contributed by atoms with Crippen LogP contribution in [-0.4, -0.2) is 48.3 Å². The quantitative estimate of drug-likeness (QED) is 0.0833. The summed E-state index contributed by atoms with van der Waals surface area (Å²) in [5.41, 5.74) is 9.49. The van der Waals surface area contributed by atoms with Crippen LogP contribution in [0.15, 0.2) is 60.1 Å². The molecule has 0 amide bonds. The normalized spacial score (nSPS) is 17.8. The van der Waals surface area contributed by atoms with Gasteiger partial charge in [-0.25, -0.2) is 10.2 Å². The van der Waals surface area contributed by atoms with Gasteiger partial charge in [0.2, 0.25) is 0 Å². The van der Waals surface area contributed by atoms with Crippen molar-refractivity contribution in [3.63, 3.8) is 0 Å². The second-order valence-corrected chi connectivity index (χ2v) is 10.9. The number of nitrogens with one attached hydrogen (secondary N) is 1. The topological polar surface area (TPSA) is 73.8 Å². The second kappa shape index (κ2) is 14.7. The highest BCUT2D eigenvalue weighted by atomic mass is 35.5. The number of allylic oxidation sites excluding steroid dienone is 3. The SMILES string of the molecule is C=C\C(=C/C(=C\CCC)C(/N)=C/N(N)c1c(F)ccc(NSCCC)c1Cl)N1CCN(CC2CC2)CC1. The lowest BCUT2D eigenvalue weighted by molar-refractivity contribution is 0.157. The molecule has 1 saturated heterocycles. The lowest BCUT2D eigenvalue weighted by atomic mass is 10.1. The number of nitrogens with two attached hydrogens (primary N) is 2. The molecule has 2 aliphatic rings. The Labute approximate surface area is 231 Å². The van der Waals surface area contributed by atoms with Crippen molar-refractivity contribution >= 4 is 34.9 Å². The van der Waals surface area contributed by atoms with Crippen molar-refractivity contribution in [1.82, 2.24) is 9.80 Å². The molecule has 1 aliphatic heterocycles. The van der Waals surface area contributed by atoms with Crippen LogP contribution in [0.2, 0.25) is 5.02 Å². The molecule has 0 atom stereocenters. The molecule has 0 spiro atoms. The van der Waals surface area contributed by atoms with Crippen LogP contribution in [-0.2, 0) is 0 Å². The molecule has 204 valence electrons. The Balaban J connectivity index is 1.79. The lowest BCUT2D eigenvalue weighted by Crippen LogP contribution is -2.46. The standard InChI is InChI=1S/C28H42ClFN6S/c1-4-7-8-22(18-23(6-3)35-15-13-34(14-16-35)19-21-9-10-21)25(31)20-36(32)28-24(30)11-12-26(27(28)29)33-37-17-5-2/h6,8,11-12,18,20-21,33H,3-5,7,9-10,13-17,19,31-32H2,1-2H3/b22-8+,23-18+,25-20-. The molecule has 9 heteroatoms. The summed E-state index contributed by atoms with van der Waals surface area (Å²) in [7, 11) is 0. The van der Waals surface area contributed by atoms with Crippen molar-refractivity contribution in [3.8, 4) is 0 Å². The molecule has 3 rings (SSSR count). The van der Waals surface area contributed by atoms with E-state index in [4.69, 9.17) is 23.2 Å². The molecule has 1 aliphatic carbocycles. The molecular weight excluding hydrogens is 507 g/mol. The molecule has 1 aromatic carbocycles. The third kappa shape index (κ3) is 8.70. The van der Waals surface area contributed by atoms with E-state index in [1.807, 2.05) is 6.08 Å². The zero-order valence-electron chi connectivity index (χ0n) is 22.2. The van der Waals surface area contributed by atoms with Gasteiger partial charge in [0.1, 0.15) is 11.5 Å². The van der Waals surface area contributed by atoms with E-state index in [2.05, 4.69) is 47.1 Å². The maximum absolute atomic E-state index is 14.8. The third-order valence-corrected chi connectivity index (χ3v) is 7.90. The molecule has 0 aromatic heterocycles. The summed E-state index contributed by atoms with van der Waals surface area (Å²) in [6, 6.07) is 2.97. The van der Waals surface area contributed by atoms with Crippen LogP contribution in [0.1, 0.15) is 46.0 Å². The van der Waals surface area contributed by atoms with E-state index in [1.54, 1.807) is 6.07 Å². The fourth-order valence-corrected chi connectivity index (χ4v) is 5.21. The van der Waals surface area contributed by atoms with Gasteiger partial charge in [-0.05, 0) is 61.5 Å². The van der Waals surface area contributed by atoms with Crippen LogP contribution in [0.4, 0.5) is 15.8 Å². The second-order valence-electron chi connectivity index (χ2n) is 9.65. The number of hydrazine groups is 1. The van der Waals surface area contributed by atoms with E-state index < -0.39 is 5.82 Å². The smallest absolute Gasteiger partial charge is 0.149 e. The summed E-state index contributed by atoms with van der Waals surface area (Å²) in [5.74, 6) is 7.57. The monoisotopic (exact) mass is 548 g/mol. The van der Waals surface area contributed by atoms with Crippen molar-refractivity contribution in [2.24, 2.45) is 17.5 Å². The van der Waals surface area contributed by atoms with Gasteiger partial charge in [-0.1, -0.05) is 56.5 Å². The maximum atomic E-state index is 14.8. The van der Waals surface area contributed by atoms with Gasteiger partial charge in [0.15, 0.2) is 0 Å². The van der Waals surface area contributed by atoms with Crippen LogP contribution in [0.25, 0.3) is 0 Å². The van der Waals surface area contributed by atoms with Gasteiger partial charge in [0, 0.05) is 50.4 Å². The predicted molar refractivity (Wildman–Crippen MR) is 159 cm³/mol. The van der Waals surface area contributed by atoms with Gasteiger partial charge in [-0.3, -0.25) is 9.91 Å². The minimum absolute atomic E-state index is 0.0706. The highest BCUT2D eigenvalue weighted by molar-refractivity contribution is 8.00. The number of anilines is 2. The van der Waals surface area contributed by atoms with Gasteiger partial charge >= 0.3 is 0 Å². The zero-order valence-corrected chi connectivity index (χ0v) is 23.8. The number of nitrogens with zero attached hydrogens (tertiary/aromatic N) is 3. The minimum Gasteiger partial charge on any atom is -0.397 e. The molecule has 1 saturated carbocycles. The van der Waals surface area contributed by atoms with E-state index >= 15 is 0 Å².